The second kappa shape index (κ2) is 7.08. The van der Waals surface area contributed by atoms with Crippen LogP contribution in [0.4, 0.5) is 5.69 Å². The molecule has 110 valence electrons. The Hall–Kier alpha value is -1.84. The summed E-state index contributed by atoms with van der Waals surface area (Å²) >= 11 is 0. The summed E-state index contributed by atoms with van der Waals surface area (Å²) in [5, 5.41) is 2.84. The third-order valence-corrected chi connectivity index (χ3v) is 3.04. The molecule has 0 spiro atoms. The lowest BCUT2D eigenvalue weighted by Crippen LogP contribution is -2.36. The van der Waals surface area contributed by atoms with Crippen LogP contribution in [0, 0.1) is 13.8 Å². The van der Waals surface area contributed by atoms with E-state index in [0.717, 1.165) is 16.8 Å². The van der Waals surface area contributed by atoms with E-state index >= 15 is 0 Å². The summed E-state index contributed by atoms with van der Waals surface area (Å²) < 4.78 is 0. The molecule has 0 aromatic heterocycles. The molecule has 0 saturated heterocycles. The number of amides is 2. The van der Waals surface area contributed by atoms with E-state index in [1.54, 1.807) is 4.90 Å². The lowest BCUT2D eigenvalue weighted by atomic mass is 10.1. The molecule has 4 nitrogen and oxygen atoms in total. The second-order valence-corrected chi connectivity index (χ2v) is 5.43. The van der Waals surface area contributed by atoms with E-state index in [1.165, 1.54) is 6.92 Å². The number of carbonyl (C=O) groups is 2. The van der Waals surface area contributed by atoms with E-state index in [-0.39, 0.29) is 17.9 Å². The lowest BCUT2D eigenvalue weighted by Gasteiger charge is -2.23. The zero-order valence-electron chi connectivity index (χ0n) is 13.0. The van der Waals surface area contributed by atoms with Crippen molar-refractivity contribution < 1.29 is 9.59 Å². The van der Waals surface area contributed by atoms with Gasteiger partial charge in [-0.25, -0.2) is 0 Å². The molecule has 1 N–H and O–H groups in total. The van der Waals surface area contributed by atoms with Crippen molar-refractivity contribution in [3.63, 3.8) is 0 Å². The van der Waals surface area contributed by atoms with Crippen LogP contribution >= 0.6 is 0 Å². The monoisotopic (exact) mass is 276 g/mol. The second-order valence-electron chi connectivity index (χ2n) is 5.43. The van der Waals surface area contributed by atoms with Gasteiger partial charge in [0.05, 0.1) is 0 Å². The van der Waals surface area contributed by atoms with Crippen LogP contribution in [-0.4, -0.2) is 24.4 Å². The van der Waals surface area contributed by atoms with Crippen LogP contribution in [-0.2, 0) is 9.59 Å². The largest absolute Gasteiger partial charge is 0.354 e. The molecule has 0 bridgehead atoms. The van der Waals surface area contributed by atoms with Gasteiger partial charge in [0.15, 0.2) is 0 Å². The van der Waals surface area contributed by atoms with Gasteiger partial charge in [-0.15, -0.1) is 0 Å². The Kier molecular flexibility index (Phi) is 5.74. The third kappa shape index (κ3) is 4.68. The van der Waals surface area contributed by atoms with Crippen molar-refractivity contribution >= 4 is 17.5 Å². The summed E-state index contributed by atoms with van der Waals surface area (Å²) in [4.78, 5) is 25.2. The number of anilines is 1. The molecule has 0 heterocycles. The molecule has 0 saturated carbocycles. The molecule has 1 rings (SSSR count). The zero-order valence-corrected chi connectivity index (χ0v) is 13.0. The Morgan fingerprint density at radius 2 is 1.90 bits per heavy atom. The fourth-order valence-electron chi connectivity index (χ4n) is 2.16. The maximum absolute atomic E-state index is 11.8. The predicted molar refractivity (Wildman–Crippen MR) is 81.8 cm³/mol. The Morgan fingerprint density at radius 1 is 1.25 bits per heavy atom. The molecule has 0 fully saturated rings. The molecule has 2 amide bonds. The summed E-state index contributed by atoms with van der Waals surface area (Å²) in [5.41, 5.74) is 3.08. The Morgan fingerprint density at radius 3 is 2.40 bits per heavy atom. The molecule has 1 aromatic carbocycles. The summed E-state index contributed by atoms with van der Waals surface area (Å²) in [6.45, 7) is 9.77. The summed E-state index contributed by atoms with van der Waals surface area (Å²) in [5.74, 6) is -0.0784. The van der Waals surface area contributed by atoms with Crippen LogP contribution < -0.4 is 10.2 Å². The molecule has 0 unspecified atom stereocenters. The molecule has 4 heteroatoms. The highest BCUT2D eigenvalue weighted by molar-refractivity contribution is 5.93. The quantitative estimate of drug-likeness (QED) is 0.898. The molecule has 0 radical (unpaired) electrons. The molecule has 1 aromatic rings. The van der Waals surface area contributed by atoms with Gasteiger partial charge in [0, 0.05) is 31.6 Å². The van der Waals surface area contributed by atoms with E-state index in [0.29, 0.717) is 13.0 Å². The molecule has 0 aliphatic heterocycles. The number of nitrogens with one attached hydrogen (secondary N) is 1. The fraction of sp³-hybridized carbons (Fsp3) is 0.500. The number of rotatable bonds is 5. The summed E-state index contributed by atoms with van der Waals surface area (Å²) in [6.07, 6.45) is 0.311. The lowest BCUT2D eigenvalue weighted by molar-refractivity contribution is -0.121. The van der Waals surface area contributed by atoms with Crippen LogP contribution in [0.15, 0.2) is 18.2 Å². The van der Waals surface area contributed by atoms with Gasteiger partial charge >= 0.3 is 0 Å². The zero-order chi connectivity index (χ0) is 15.3. The Balaban J connectivity index is 2.80. The average Bonchev–Trinajstić information content (AvgIpc) is 2.30. The van der Waals surface area contributed by atoms with Gasteiger partial charge in [-0.2, -0.15) is 0 Å². The average molecular weight is 276 g/mol. The highest BCUT2D eigenvalue weighted by Gasteiger charge is 2.15. The van der Waals surface area contributed by atoms with Gasteiger partial charge in [0.2, 0.25) is 11.8 Å². The topological polar surface area (TPSA) is 49.4 Å². The Bertz CT molecular complexity index is 495. The SMILES string of the molecule is CC(=O)N(CCC(=O)NC(C)C)c1ccc(C)cc1C. The van der Waals surface area contributed by atoms with Crippen LogP contribution in [0.5, 0.6) is 0 Å². The van der Waals surface area contributed by atoms with Crippen LogP contribution in [0.25, 0.3) is 0 Å². The smallest absolute Gasteiger partial charge is 0.223 e. The molecule has 20 heavy (non-hydrogen) atoms. The molecule has 0 aliphatic carbocycles. The first kappa shape index (κ1) is 16.2. The Labute approximate surface area is 121 Å². The molecule has 0 aliphatic rings. The van der Waals surface area contributed by atoms with Gasteiger partial charge in [-0.05, 0) is 39.3 Å². The molecular weight excluding hydrogens is 252 g/mol. The number of benzene rings is 1. The fourth-order valence-corrected chi connectivity index (χ4v) is 2.16. The van der Waals surface area contributed by atoms with Crippen molar-refractivity contribution in [2.45, 2.75) is 47.1 Å². The maximum Gasteiger partial charge on any atom is 0.223 e. The van der Waals surface area contributed by atoms with E-state index in [2.05, 4.69) is 5.32 Å². The van der Waals surface area contributed by atoms with Gasteiger partial charge < -0.3 is 10.2 Å². The minimum atomic E-state index is -0.0469. The van der Waals surface area contributed by atoms with Crippen molar-refractivity contribution in [3.8, 4) is 0 Å². The van der Waals surface area contributed by atoms with Gasteiger partial charge in [0.1, 0.15) is 0 Å². The number of aryl methyl sites for hydroxylation is 2. The number of nitrogens with zero attached hydrogens (tertiary/aromatic N) is 1. The van der Waals surface area contributed by atoms with Crippen LogP contribution in [0.3, 0.4) is 0 Å². The highest BCUT2D eigenvalue weighted by Crippen LogP contribution is 2.21. The first-order valence-corrected chi connectivity index (χ1v) is 6.96. The van der Waals surface area contributed by atoms with Gasteiger partial charge in [-0.1, -0.05) is 17.7 Å². The molecular formula is C16H24N2O2. The van der Waals surface area contributed by atoms with E-state index in [9.17, 15) is 9.59 Å². The summed E-state index contributed by atoms with van der Waals surface area (Å²) in [7, 11) is 0. The predicted octanol–water partition coefficient (Wildman–Crippen LogP) is 2.57. The van der Waals surface area contributed by atoms with Crippen LogP contribution in [0.1, 0.15) is 38.3 Å². The van der Waals surface area contributed by atoms with Crippen LogP contribution in [0.2, 0.25) is 0 Å². The standard InChI is InChI=1S/C16H24N2O2/c1-11(2)17-16(20)8-9-18(14(5)19)15-7-6-12(3)10-13(15)4/h6-7,10-11H,8-9H2,1-5H3,(H,17,20). The van der Waals surface area contributed by atoms with Gasteiger partial charge in [0.25, 0.3) is 0 Å². The normalized spacial score (nSPS) is 10.5. The minimum Gasteiger partial charge on any atom is -0.354 e. The highest BCUT2D eigenvalue weighted by atomic mass is 16.2. The number of carbonyl (C=O) groups excluding carboxylic acids is 2. The summed E-state index contributed by atoms with van der Waals surface area (Å²) in [6, 6.07) is 6.08. The first-order chi connectivity index (χ1) is 9.31. The van der Waals surface area contributed by atoms with E-state index < -0.39 is 0 Å². The van der Waals surface area contributed by atoms with Crippen molar-refractivity contribution in [2.24, 2.45) is 0 Å². The minimum absolute atomic E-state index is 0.0315. The third-order valence-electron chi connectivity index (χ3n) is 3.04. The number of hydrogen-bond acceptors (Lipinski definition) is 2. The van der Waals surface area contributed by atoms with E-state index in [1.807, 2.05) is 45.9 Å². The van der Waals surface area contributed by atoms with Crippen molar-refractivity contribution in [2.75, 3.05) is 11.4 Å². The molecule has 0 atom stereocenters. The van der Waals surface area contributed by atoms with E-state index in [4.69, 9.17) is 0 Å². The van der Waals surface area contributed by atoms with Crippen molar-refractivity contribution in [3.05, 3.63) is 29.3 Å². The number of hydrogen-bond donors (Lipinski definition) is 1. The van der Waals surface area contributed by atoms with Crippen molar-refractivity contribution in [1.82, 2.24) is 5.32 Å². The van der Waals surface area contributed by atoms with Gasteiger partial charge in [-0.3, -0.25) is 9.59 Å². The first-order valence-electron chi connectivity index (χ1n) is 6.96. The maximum atomic E-state index is 11.8. The van der Waals surface area contributed by atoms with Crippen molar-refractivity contribution in [1.29, 1.82) is 0 Å².